The number of amides is 4. The highest BCUT2D eigenvalue weighted by molar-refractivity contribution is 6.08. The molecule has 1 spiro atoms. The maximum atomic E-state index is 12.9. The highest BCUT2D eigenvalue weighted by Crippen LogP contribution is 2.35. The Kier molecular flexibility index (Phi) is 6.56. The van der Waals surface area contributed by atoms with Crippen molar-refractivity contribution in [3.8, 4) is 0 Å². The van der Waals surface area contributed by atoms with Crippen molar-refractivity contribution in [2.24, 2.45) is 5.92 Å². The fourth-order valence-corrected chi connectivity index (χ4v) is 4.81. The van der Waals surface area contributed by atoms with Gasteiger partial charge in [0, 0.05) is 43.9 Å². The quantitative estimate of drug-likeness (QED) is 0.646. The van der Waals surface area contributed by atoms with E-state index in [2.05, 4.69) is 41.4 Å². The summed E-state index contributed by atoms with van der Waals surface area (Å²) in [6.07, 6.45) is 3.02. The molecule has 3 fully saturated rings. The molecule has 0 aromatic carbocycles. The number of carbonyl (C=O) groups excluding carboxylic acids is 3. The van der Waals surface area contributed by atoms with Gasteiger partial charge in [-0.2, -0.15) is 5.01 Å². The van der Waals surface area contributed by atoms with Gasteiger partial charge in [-0.15, -0.1) is 0 Å². The highest BCUT2D eigenvalue weighted by Gasteiger charge is 2.52. The Morgan fingerprint density at radius 2 is 1.85 bits per heavy atom. The lowest BCUT2D eigenvalue weighted by Gasteiger charge is -2.35. The molecule has 180 valence electrons. The average molecular weight is 458 g/mol. The molecule has 2 aliphatic heterocycles. The van der Waals surface area contributed by atoms with Crippen LogP contribution in [0.4, 0.5) is 10.6 Å². The van der Waals surface area contributed by atoms with Crippen LogP contribution in [-0.2, 0) is 9.59 Å². The first-order chi connectivity index (χ1) is 15.7. The van der Waals surface area contributed by atoms with E-state index in [0.717, 1.165) is 48.3 Å². The zero-order chi connectivity index (χ0) is 23.8. The molecular formula is C23H35N7O3. The van der Waals surface area contributed by atoms with Crippen LogP contribution in [-0.4, -0.2) is 76.0 Å². The topological polar surface area (TPSA) is 111 Å². The van der Waals surface area contributed by atoms with Gasteiger partial charge in [0.25, 0.3) is 11.8 Å². The molecule has 10 heteroatoms. The second-order valence-electron chi connectivity index (χ2n) is 10.0. The van der Waals surface area contributed by atoms with Gasteiger partial charge in [-0.05, 0) is 38.5 Å². The van der Waals surface area contributed by atoms with E-state index in [1.54, 1.807) is 0 Å². The molecule has 2 N–H and O–H groups in total. The van der Waals surface area contributed by atoms with Crippen molar-refractivity contribution in [3.05, 3.63) is 17.6 Å². The van der Waals surface area contributed by atoms with E-state index >= 15 is 0 Å². The minimum Gasteiger partial charge on any atom is -0.354 e. The summed E-state index contributed by atoms with van der Waals surface area (Å²) in [6.45, 7) is 11.3. The van der Waals surface area contributed by atoms with Crippen LogP contribution in [0.15, 0.2) is 6.07 Å². The van der Waals surface area contributed by atoms with Gasteiger partial charge < -0.3 is 10.2 Å². The molecule has 33 heavy (non-hydrogen) atoms. The number of nitrogens with one attached hydrogen (secondary N) is 2. The Morgan fingerprint density at radius 3 is 2.48 bits per heavy atom. The average Bonchev–Trinajstić information content (AvgIpc) is 3.00. The van der Waals surface area contributed by atoms with Gasteiger partial charge in [-0.25, -0.2) is 14.8 Å². The van der Waals surface area contributed by atoms with Gasteiger partial charge in [-0.1, -0.05) is 20.8 Å². The molecule has 4 amide bonds. The molecule has 10 nitrogen and oxygen atoms in total. The number of aromatic nitrogens is 2. The predicted molar refractivity (Wildman–Crippen MR) is 123 cm³/mol. The van der Waals surface area contributed by atoms with Gasteiger partial charge in [0.2, 0.25) is 0 Å². The minimum absolute atomic E-state index is 0.134. The number of rotatable bonds is 5. The van der Waals surface area contributed by atoms with E-state index < -0.39 is 11.6 Å². The third kappa shape index (κ3) is 4.95. The number of anilines is 1. The van der Waals surface area contributed by atoms with Crippen LogP contribution in [0, 0.1) is 12.8 Å². The Morgan fingerprint density at radius 1 is 1.18 bits per heavy atom. The van der Waals surface area contributed by atoms with E-state index in [9.17, 15) is 14.4 Å². The lowest BCUT2D eigenvalue weighted by molar-refractivity contribution is -0.140. The molecule has 0 atom stereocenters. The third-order valence-electron chi connectivity index (χ3n) is 6.96. The van der Waals surface area contributed by atoms with E-state index in [0.29, 0.717) is 31.8 Å². The summed E-state index contributed by atoms with van der Waals surface area (Å²) in [5, 5.41) is 3.71. The minimum atomic E-state index is -0.854. The van der Waals surface area contributed by atoms with Gasteiger partial charge >= 0.3 is 6.03 Å². The number of imide groups is 1. The Hall–Kier alpha value is -2.75. The molecule has 0 radical (unpaired) electrons. The van der Waals surface area contributed by atoms with Gasteiger partial charge in [-0.3, -0.25) is 19.9 Å². The molecule has 0 unspecified atom stereocenters. The zero-order valence-electron chi connectivity index (χ0n) is 20.1. The molecule has 1 saturated carbocycles. The fraction of sp³-hybridized carbons (Fsp3) is 0.696. The number of nitrogens with zero attached hydrogens (tertiary/aromatic N) is 5. The molecular weight excluding hydrogens is 422 g/mol. The molecule has 1 aromatic rings. The summed E-state index contributed by atoms with van der Waals surface area (Å²) < 4.78 is 0. The molecule has 1 aliphatic carbocycles. The number of hydrazine groups is 1. The second kappa shape index (κ2) is 9.24. The first-order valence-corrected chi connectivity index (χ1v) is 12.0. The van der Waals surface area contributed by atoms with Crippen LogP contribution in [0.5, 0.6) is 0 Å². The normalized spacial score (nSPS) is 26.3. The Labute approximate surface area is 195 Å². The lowest BCUT2D eigenvalue weighted by atomic mass is 9.77. The Bertz CT molecular complexity index is 919. The first-order valence-electron chi connectivity index (χ1n) is 12.0. The van der Waals surface area contributed by atoms with Crippen LogP contribution >= 0.6 is 0 Å². The van der Waals surface area contributed by atoms with Crippen LogP contribution in [0.2, 0.25) is 0 Å². The predicted octanol–water partition coefficient (Wildman–Crippen LogP) is 1.56. The molecule has 3 heterocycles. The van der Waals surface area contributed by atoms with Crippen molar-refractivity contribution in [1.29, 1.82) is 0 Å². The fourth-order valence-electron chi connectivity index (χ4n) is 4.81. The van der Waals surface area contributed by atoms with Crippen molar-refractivity contribution in [2.45, 2.75) is 64.8 Å². The number of hydrogen-bond acceptors (Lipinski definition) is 7. The SMILES string of the molecule is Cc1cc(N2CCN(CC(=O)NN3C(=O)NC4(CCC(C)CC4)C3=O)CC2)nc(C(C)C)n1. The number of hydrogen-bond donors (Lipinski definition) is 2. The van der Waals surface area contributed by atoms with Crippen LogP contribution in [0.3, 0.4) is 0 Å². The van der Waals surface area contributed by atoms with Crippen molar-refractivity contribution in [1.82, 2.24) is 30.6 Å². The van der Waals surface area contributed by atoms with Crippen molar-refractivity contribution < 1.29 is 14.4 Å². The summed E-state index contributed by atoms with van der Waals surface area (Å²) in [5.74, 6) is 1.87. The number of urea groups is 1. The molecule has 0 bridgehead atoms. The standard InChI is InChI=1S/C23H35N7O3/c1-15(2)20-24-17(4)13-18(25-20)29-11-9-28(10-12-29)14-19(31)27-30-21(32)23(26-22(30)33)7-5-16(3)6-8-23/h13,15-16H,5-12,14H2,1-4H3,(H,26,33)(H,27,31). The summed E-state index contributed by atoms with van der Waals surface area (Å²) in [4.78, 5) is 51.4. The smallest absolute Gasteiger partial charge is 0.344 e. The van der Waals surface area contributed by atoms with Crippen LogP contribution in [0.25, 0.3) is 0 Å². The van der Waals surface area contributed by atoms with Gasteiger partial charge in [0.15, 0.2) is 0 Å². The zero-order valence-corrected chi connectivity index (χ0v) is 20.1. The number of aryl methyl sites for hydroxylation is 1. The van der Waals surface area contributed by atoms with Crippen molar-refractivity contribution in [3.63, 3.8) is 0 Å². The summed E-state index contributed by atoms with van der Waals surface area (Å²) >= 11 is 0. The second-order valence-corrected chi connectivity index (χ2v) is 10.0. The monoisotopic (exact) mass is 457 g/mol. The van der Waals surface area contributed by atoms with Gasteiger partial charge in [0.1, 0.15) is 17.2 Å². The van der Waals surface area contributed by atoms with E-state index in [-0.39, 0.29) is 24.3 Å². The van der Waals surface area contributed by atoms with E-state index in [4.69, 9.17) is 4.98 Å². The molecule has 2 saturated heterocycles. The van der Waals surface area contributed by atoms with Crippen LogP contribution in [0.1, 0.15) is 63.9 Å². The summed E-state index contributed by atoms with van der Waals surface area (Å²) in [6, 6.07) is 1.46. The number of piperazine rings is 1. The van der Waals surface area contributed by atoms with Crippen molar-refractivity contribution >= 4 is 23.7 Å². The third-order valence-corrected chi connectivity index (χ3v) is 6.96. The maximum Gasteiger partial charge on any atom is 0.344 e. The van der Waals surface area contributed by atoms with Gasteiger partial charge in [0.05, 0.1) is 6.54 Å². The van der Waals surface area contributed by atoms with Crippen molar-refractivity contribution in [2.75, 3.05) is 37.6 Å². The van der Waals surface area contributed by atoms with Crippen LogP contribution < -0.4 is 15.6 Å². The van der Waals surface area contributed by atoms with E-state index in [1.165, 1.54) is 0 Å². The molecule has 3 aliphatic rings. The van der Waals surface area contributed by atoms with E-state index in [1.807, 2.05) is 17.9 Å². The highest BCUT2D eigenvalue weighted by atomic mass is 16.2. The largest absolute Gasteiger partial charge is 0.354 e. The first kappa shape index (κ1) is 23.4. The summed E-state index contributed by atoms with van der Waals surface area (Å²) in [5.41, 5.74) is 2.63. The Balaban J connectivity index is 1.29. The summed E-state index contributed by atoms with van der Waals surface area (Å²) in [7, 11) is 0. The maximum absolute atomic E-state index is 12.9. The molecule has 1 aromatic heterocycles. The lowest BCUT2D eigenvalue weighted by Crippen LogP contribution is -2.54. The number of carbonyl (C=O) groups is 3. The molecule has 4 rings (SSSR count).